The van der Waals surface area contributed by atoms with Crippen LogP contribution in [0.2, 0.25) is 0 Å². The third-order valence-electron chi connectivity index (χ3n) is 2.52. The molecule has 1 N–H and O–H groups in total. The van der Waals surface area contributed by atoms with Gasteiger partial charge in [0.05, 0.1) is 0 Å². The van der Waals surface area contributed by atoms with Gasteiger partial charge in [-0.05, 0) is 49.4 Å². The van der Waals surface area contributed by atoms with Crippen LogP contribution in [0.5, 0.6) is 0 Å². The van der Waals surface area contributed by atoms with E-state index >= 15 is 0 Å². The predicted octanol–water partition coefficient (Wildman–Crippen LogP) is 3.82. The fourth-order valence-electron chi connectivity index (χ4n) is 1.51. The van der Waals surface area contributed by atoms with Crippen molar-refractivity contribution in [1.82, 2.24) is 0 Å². The monoisotopic (exact) mass is 238 g/mol. The maximum atomic E-state index is 10.2. The van der Waals surface area contributed by atoms with Gasteiger partial charge in [0.25, 0.3) is 0 Å². The summed E-state index contributed by atoms with van der Waals surface area (Å²) in [4.78, 5) is 3.58. The summed E-state index contributed by atoms with van der Waals surface area (Å²) in [6.45, 7) is 6.24. The van der Waals surface area contributed by atoms with Crippen LogP contribution in [0.15, 0.2) is 17.5 Å². The Kier molecular flexibility index (Phi) is 2.96. The fourth-order valence-corrected chi connectivity index (χ4v) is 3.29. The van der Waals surface area contributed by atoms with E-state index in [1.54, 1.807) is 22.7 Å². The van der Waals surface area contributed by atoms with E-state index in [4.69, 9.17) is 0 Å². The molecule has 1 nitrogen and oxygen atoms in total. The Bertz CT molecular complexity index is 448. The highest BCUT2D eigenvalue weighted by atomic mass is 32.1. The number of aryl methyl sites for hydroxylation is 3. The van der Waals surface area contributed by atoms with Gasteiger partial charge in [-0.2, -0.15) is 0 Å². The number of rotatable bonds is 2. The van der Waals surface area contributed by atoms with Crippen molar-refractivity contribution in [3.05, 3.63) is 43.3 Å². The normalized spacial score (nSPS) is 13.1. The average Bonchev–Trinajstić information content (AvgIpc) is 2.74. The van der Waals surface area contributed by atoms with Gasteiger partial charge in [0.15, 0.2) is 0 Å². The van der Waals surface area contributed by atoms with Crippen molar-refractivity contribution in [2.75, 3.05) is 0 Å². The lowest BCUT2D eigenvalue weighted by molar-refractivity contribution is 0.224. The zero-order chi connectivity index (χ0) is 11.0. The van der Waals surface area contributed by atoms with E-state index in [0.29, 0.717) is 0 Å². The number of hydrogen-bond acceptors (Lipinski definition) is 3. The summed E-state index contributed by atoms with van der Waals surface area (Å²) >= 11 is 3.36. The van der Waals surface area contributed by atoms with Gasteiger partial charge in [0, 0.05) is 14.6 Å². The lowest BCUT2D eigenvalue weighted by Gasteiger charge is -2.04. The van der Waals surface area contributed by atoms with E-state index in [1.165, 1.54) is 15.3 Å². The van der Waals surface area contributed by atoms with Gasteiger partial charge in [-0.3, -0.25) is 0 Å². The second kappa shape index (κ2) is 4.08. The molecule has 80 valence electrons. The smallest absolute Gasteiger partial charge is 0.114 e. The number of aliphatic hydroxyl groups is 1. The van der Waals surface area contributed by atoms with Crippen molar-refractivity contribution >= 4 is 22.7 Å². The fraction of sp³-hybridized carbons (Fsp3) is 0.333. The molecule has 3 heteroatoms. The third kappa shape index (κ3) is 2.14. The third-order valence-corrected chi connectivity index (χ3v) is 4.61. The summed E-state index contributed by atoms with van der Waals surface area (Å²) < 4.78 is 0. The highest BCUT2D eigenvalue weighted by Crippen LogP contribution is 2.32. The number of thiophene rings is 2. The van der Waals surface area contributed by atoms with Crippen LogP contribution in [0, 0.1) is 20.8 Å². The van der Waals surface area contributed by atoms with Gasteiger partial charge in [0.1, 0.15) is 6.10 Å². The first kappa shape index (κ1) is 10.9. The van der Waals surface area contributed by atoms with E-state index in [-0.39, 0.29) is 0 Å². The molecule has 0 aromatic carbocycles. The van der Waals surface area contributed by atoms with E-state index in [0.717, 1.165) is 10.4 Å². The Morgan fingerprint density at radius 3 is 2.40 bits per heavy atom. The van der Waals surface area contributed by atoms with Crippen molar-refractivity contribution in [2.24, 2.45) is 0 Å². The Labute approximate surface area is 98.0 Å². The van der Waals surface area contributed by atoms with Crippen LogP contribution < -0.4 is 0 Å². The first-order chi connectivity index (χ1) is 7.08. The van der Waals surface area contributed by atoms with Crippen LogP contribution in [-0.2, 0) is 0 Å². The summed E-state index contributed by atoms with van der Waals surface area (Å²) in [5.41, 5.74) is 2.28. The van der Waals surface area contributed by atoms with Crippen molar-refractivity contribution in [1.29, 1.82) is 0 Å². The highest BCUT2D eigenvalue weighted by molar-refractivity contribution is 7.12. The minimum atomic E-state index is -0.452. The molecular formula is C12H14OS2. The molecule has 0 saturated heterocycles. The molecule has 0 aliphatic heterocycles. The van der Waals surface area contributed by atoms with Gasteiger partial charge in [-0.15, -0.1) is 22.7 Å². The summed E-state index contributed by atoms with van der Waals surface area (Å²) in [7, 11) is 0. The van der Waals surface area contributed by atoms with Crippen LogP contribution in [0.25, 0.3) is 0 Å². The first-order valence-corrected chi connectivity index (χ1v) is 6.57. The predicted molar refractivity (Wildman–Crippen MR) is 66.9 cm³/mol. The second-order valence-corrected chi connectivity index (χ2v) is 6.18. The molecule has 0 aliphatic rings. The zero-order valence-corrected chi connectivity index (χ0v) is 10.7. The molecule has 0 amide bonds. The molecule has 2 aromatic heterocycles. The summed E-state index contributed by atoms with van der Waals surface area (Å²) in [6, 6.07) is 4.14. The molecule has 0 saturated carbocycles. The van der Waals surface area contributed by atoms with Gasteiger partial charge >= 0.3 is 0 Å². The van der Waals surface area contributed by atoms with Gasteiger partial charge < -0.3 is 5.11 Å². The molecule has 1 atom stereocenters. The van der Waals surface area contributed by atoms with Crippen LogP contribution in [0.1, 0.15) is 31.9 Å². The highest BCUT2D eigenvalue weighted by Gasteiger charge is 2.14. The van der Waals surface area contributed by atoms with Crippen LogP contribution in [-0.4, -0.2) is 5.11 Å². The topological polar surface area (TPSA) is 20.2 Å². The molecule has 2 aromatic rings. The Morgan fingerprint density at radius 2 is 1.93 bits per heavy atom. The van der Waals surface area contributed by atoms with E-state index < -0.39 is 6.10 Å². The summed E-state index contributed by atoms with van der Waals surface area (Å²) in [6.07, 6.45) is -0.452. The molecule has 0 bridgehead atoms. The maximum Gasteiger partial charge on any atom is 0.114 e. The SMILES string of the molecule is Cc1cc(C(O)c2cc(C)c(C)s2)cs1. The van der Waals surface area contributed by atoms with Crippen molar-refractivity contribution in [2.45, 2.75) is 26.9 Å². The largest absolute Gasteiger partial charge is 0.383 e. The van der Waals surface area contributed by atoms with Gasteiger partial charge in [-0.25, -0.2) is 0 Å². The number of hydrogen-bond donors (Lipinski definition) is 1. The molecule has 0 radical (unpaired) electrons. The van der Waals surface area contributed by atoms with Crippen molar-refractivity contribution in [3.8, 4) is 0 Å². The molecule has 1 unspecified atom stereocenters. The molecule has 0 fully saturated rings. The molecule has 15 heavy (non-hydrogen) atoms. The molecule has 0 spiro atoms. The van der Waals surface area contributed by atoms with E-state index in [9.17, 15) is 5.11 Å². The van der Waals surface area contributed by atoms with Crippen LogP contribution in [0.3, 0.4) is 0 Å². The zero-order valence-electron chi connectivity index (χ0n) is 9.07. The minimum absolute atomic E-state index is 0.452. The maximum absolute atomic E-state index is 10.2. The molecule has 2 heterocycles. The Hall–Kier alpha value is -0.640. The van der Waals surface area contributed by atoms with Crippen LogP contribution >= 0.6 is 22.7 Å². The summed E-state index contributed by atoms with van der Waals surface area (Å²) in [5, 5.41) is 12.2. The first-order valence-electron chi connectivity index (χ1n) is 4.88. The molecule has 0 aliphatic carbocycles. The average molecular weight is 238 g/mol. The van der Waals surface area contributed by atoms with Gasteiger partial charge in [0.2, 0.25) is 0 Å². The lowest BCUT2D eigenvalue weighted by Crippen LogP contribution is -1.94. The Balaban J connectivity index is 2.31. The summed E-state index contributed by atoms with van der Waals surface area (Å²) in [5.74, 6) is 0. The van der Waals surface area contributed by atoms with Crippen LogP contribution in [0.4, 0.5) is 0 Å². The van der Waals surface area contributed by atoms with Crippen molar-refractivity contribution in [3.63, 3.8) is 0 Å². The van der Waals surface area contributed by atoms with E-state index in [1.807, 2.05) is 5.38 Å². The quantitative estimate of drug-likeness (QED) is 0.843. The lowest BCUT2D eigenvalue weighted by atomic mass is 10.1. The second-order valence-electron chi connectivity index (χ2n) is 3.78. The van der Waals surface area contributed by atoms with Crippen molar-refractivity contribution < 1.29 is 5.11 Å². The van der Waals surface area contributed by atoms with E-state index in [2.05, 4.69) is 32.9 Å². The molecular weight excluding hydrogens is 224 g/mol. The van der Waals surface area contributed by atoms with Gasteiger partial charge in [-0.1, -0.05) is 0 Å². The number of aliphatic hydroxyl groups excluding tert-OH is 1. The standard InChI is InChI=1S/C12H14OS2/c1-7-4-11(15-9(7)3)12(13)10-5-8(2)14-6-10/h4-6,12-13H,1-3H3. The Morgan fingerprint density at radius 1 is 1.20 bits per heavy atom. The molecule has 2 rings (SSSR count). The minimum Gasteiger partial charge on any atom is -0.383 e.